The van der Waals surface area contributed by atoms with E-state index >= 15 is 0 Å². The molecule has 0 fully saturated rings. The van der Waals surface area contributed by atoms with Crippen molar-refractivity contribution in [1.29, 1.82) is 0 Å². The first-order valence-electron chi connectivity index (χ1n) is 11.5. The van der Waals surface area contributed by atoms with E-state index in [0.29, 0.717) is 34.0 Å². The largest absolute Gasteiger partial charge is 0.468 e. The van der Waals surface area contributed by atoms with E-state index in [4.69, 9.17) is 18.9 Å². The summed E-state index contributed by atoms with van der Waals surface area (Å²) in [6, 6.07) is 21.5. The Bertz CT molecular complexity index is 1370. The molecule has 10 nitrogen and oxygen atoms in total. The zero-order chi connectivity index (χ0) is 25.8. The van der Waals surface area contributed by atoms with Crippen LogP contribution in [0.2, 0.25) is 0 Å². The van der Waals surface area contributed by atoms with Crippen LogP contribution in [0.1, 0.15) is 16.7 Å². The van der Waals surface area contributed by atoms with Gasteiger partial charge in [0.1, 0.15) is 13.2 Å². The van der Waals surface area contributed by atoms with Crippen LogP contribution >= 0.6 is 0 Å². The summed E-state index contributed by atoms with van der Waals surface area (Å²) in [5.74, 6) is -0.120. The molecule has 0 spiro atoms. The average Bonchev–Trinajstić information content (AvgIpc) is 3.37. The lowest BCUT2D eigenvalue weighted by molar-refractivity contribution is -0.140. The molecule has 0 saturated heterocycles. The molecule has 188 valence electrons. The highest BCUT2D eigenvalue weighted by Crippen LogP contribution is 2.35. The molecule has 1 N–H and O–H groups in total. The van der Waals surface area contributed by atoms with Crippen LogP contribution in [0.25, 0.3) is 0 Å². The predicted octanol–water partition coefficient (Wildman–Crippen LogP) is 3.02. The molecule has 3 aromatic rings. The lowest BCUT2D eigenvalue weighted by Crippen LogP contribution is -2.49. The lowest BCUT2D eigenvalue weighted by atomic mass is 9.99. The molecule has 0 radical (unpaired) electrons. The van der Waals surface area contributed by atoms with Gasteiger partial charge in [-0.05, 0) is 29.8 Å². The lowest BCUT2D eigenvalue weighted by Gasteiger charge is -2.24. The fraction of sp³-hybridized carbons (Fsp3) is 0.185. The second-order valence-corrected chi connectivity index (χ2v) is 8.17. The molecule has 1 atom stereocenters. The monoisotopic (exact) mass is 501 g/mol. The molecule has 3 aromatic carbocycles. The van der Waals surface area contributed by atoms with Gasteiger partial charge >= 0.3 is 12.1 Å². The van der Waals surface area contributed by atoms with Crippen molar-refractivity contribution in [3.05, 3.63) is 89.5 Å². The number of alkyl carbamates (subject to hydrolysis) is 1. The molecule has 1 unspecified atom stereocenters. The third kappa shape index (κ3) is 5.08. The van der Waals surface area contributed by atoms with Crippen LogP contribution in [0.15, 0.2) is 77.8 Å². The maximum Gasteiger partial charge on any atom is 0.409 e. The van der Waals surface area contributed by atoms with Crippen molar-refractivity contribution in [3.63, 3.8) is 0 Å². The van der Waals surface area contributed by atoms with Crippen LogP contribution in [0, 0.1) is 0 Å². The number of ether oxygens (including phenoxy) is 4. The standard InChI is InChI=1S/C27H23N3O7/c1-34-23(31)14-30-20-10-6-5-9-19(20)24(18-11-12-21-22(13-18)37-16-36-21)28-25(26(30)32)29-27(33)35-15-17-7-3-2-4-8-17/h2-13,25H,14-16H2,1H3,(H,29,33). The van der Waals surface area contributed by atoms with Gasteiger partial charge in [0.25, 0.3) is 5.91 Å². The van der Waals surface area contributed by atoms with Crippen LogP contribution in [-0.4, -0.2) is 50.3 Å². The Morgan fingerprint density at radius 2 is 1.78 bits per heavy atom. The van der Waals surface area contributed by atoms with Crippen molar-refractivity contribution in [3.8, 4) is 11.5 Å². The van der Waals surface area contributed by atoms with Gasteiger partial charge in [-0.15, -0.1) is 0 Å². The highest BCUT2D eigenvalue weighted by molar-refractivity contribution is 6.21. The minimum absolute atomic E-state index is 0.0123. The summed E-state index contributed by atoms with van der Waals surface area (Å²) in [7, 11) is 1.24. The summed E-state index contributed by atoms with van der Waals surface area (Å²) >= 11 is 0. The zero-order valence-electron chi connectivity index (χ0n) is 19.9. The highest BCUT2D eigenvalue weighted by Gasteiger charge is 2.35. The van der Waals surface area contributed by atoms with Gasteiger partial charge in [-0.1, -0.05) is 48.5 Å². The maximum atomic E-state index is 13.6. The van der Waals surface area contributed by atoms with Gasteiger partial charge in [-0.25, -0.2) is 9.79 Å². The first kappa shape index (κ1) is 23.9. The SMILES string of the molecule is COC(=O)CN1C(=O)C(NC(=O)OCc2ccccc2)N=C(c2ccc3c(c2)OCO3)c2ccccc21. The fourth-order valence-corrected chi connectivity index (χ4v) is 4.03. The van der Waals surface area contributed by atoms with Gasteiger partial charge in [0.2, 0.25) is 13.0 Å². The van der Waals surface area contributed by atoms with Gasteiger partial charge < -0.3 is 18.9 Å². The number of carbonyl (C=O) groups excluding carboxylic acids is 3. The summed E-state index contributed by atoms with van der Waals surface area (Å²) in [5.41, 5.74) is 2.86. The first-order valence-corrected chi connectivity index (χ1v) is 11.5. The van der Waals surface area contributed by atoms with Crippen molar-refractivity contribution in [2.45, 2.75) is 12.8 Å². The summed E-state index contributed by atoms with van der Waals surface area (Å²) in [5, 5.41) is 2.54. The number of benzodiazepines with no additional fused rings is 1. The number of fused-ring (bicyclic) bond motifs is 2. The van der Waals surface area contributed by atoms with E-state index < -0.39 is 24.1 Å². The summed E-state index contributed by atoms with van der Waals surface area (Å²) in [4.78, 5) is 44.4. The number of hydrogen-bond acceptors (Lipinski definition) is 8. The molecule has 10 heteroatoms. The Morgan fingerprint density at radius 3 is 2.59 bits per heavy atom. The van der Waals surface area contributed by atoms with Gasteiger partial charge in [0.15, 0.2) is 11.5 Å². The molecule has 5 rings (SSSR count). The van der Waals surface area contributed by atoms with E-state index in [-0.39, 0.29) is 19.9 Å². The van der Waals surface area contributed by atoms with Crippen molar-refractivity contribution in [2.24, 2.45) is 4.99 Å². The highest BCUT2D eigenvalue weighted by atomic mass is 16.7. The van der Waals surface area contributed by atoms with E-state index in [9.17, 15) is 14.4 Å². The number of rotatable bonds is 6. The van der Waals surface area contributed by atoms with Crippen molar-refractivity contribution in [1.82, 2.24) is 5.32 Å². The molecule has 0 aromatic heterocycles. The smallest absolute Gasteiger partial charge is 0.409 e. The second-order valence-electron chi connectivity index (χ2n) is 8.17. The molecule has 2 aliphatic rings. The van der Waals surface area contributed by atoms with Crippen LogP contribution in [0.5, 0.6) is 11.5 Å². The first-order chi connectivity index (χ1) is 18.0. The van der Waals surface area contributed by atoms with E-state index in [2.05, 4.69) is 10.3 Å². The molecule has 0 bridgehead atoms. The Morgan fingerprint density at radius 1 is 1.03 bits per heavy atom. The third-order valence-electron chi connectivity index (χ3n) is 5.84. The number of anilines is 1. The topological polar surface area (TPSA) is 116 Å². The van der Waals surface area contributed by atoms with Crippen LogP contribution < -0.4 is 19.7 Å². The van der Waals surface area contributed by atoms with Crippen molar-refractivity contribution in [2.75, 3.05) is 25.3 Å². The summed E-state index contributed by atoms with van der Waals surface area (Å²) in [6.07, 6.45) is -2.21. The van der Waals surface area contributed by atoms with Gasteiger partial charge in [-0.3, -0.25) is 19.8 Å². The Hall–Kier alpha value is -4.86. The number of benzene rings is 3. The number of esters is 1. The molecule has 37 heavy (non-hydrogen) atoms. The van der Waals surface area contributed by atoms with Crippen LogP contribution in [0.4, 0.5) is 10.5 Å². The van der Waals surface area contributed by atoms with E-state index in [1.807, 2.05) is 30.3 Å². The number of amides is 2. The molecule has 0 aliphatic carbocycles. The van der Waals surface area contributed by atoms with E-state index in [1.165, 1.54) is 12.0 Å². The van der Waals surface area contributed by atoms with Crippen molar-refractivity contribution >= 4 is 29.4 Å². The Balaban J connectivity index is 1.51. The van der Waals surface area contributed by atoms with Crippen LogP contribution in [-0.2, 0) is 25.7 Å². The number of aliphatic imine (C=N–C) groups is 1. The van der Waals surface area contributed by atoms with Crippen molar-refractivity contribution < 1.29 is 33.3 Å². The number of para-hydroxylation sites is 1. The predicted molar refractivity (Wildman–Crippen MR) is 133 cm³/mol. The minimum atomic E-state index is -1.37. The summed E-state index contributed by atoms with van der Waals surface area (Å²) < 4.78 is 21.1. The number of nitrogens with one attached hydrogen (secondary N) is 1. The van der Waals surface area contributed by atoms with Crippen LogP contribution in [0.3, 0.4) is 0 Å². The average molecular weight is 501 g/mol. The molecular weight excluding hydrogens is 478 g/mol. The van der Waals surface area contributed by atoms with E-state index in [0.717, 1.165) is 5.56 Å². The van der Waals surface area contributed by atoms with E-state index in [1.54, 1.807) is 42.5 Å². The minimum Gasteiger partial charge on any atom is -0.468 e. The van der Waals surface area contributed by atoms with Gasteiger partial charge in [-0.2, -0.15) is 0 Å². The normalized spacial score (nSPS) is 15.8. The zero-order valence-corrected chi connectivity index (χ0v) is 19.9. The van der Waals surface area contributed by atoms with Gasteiger partial charge in [0.05, 0.1) is 18.5 Å². The number of nitrogens with zero attached hydrogens (tertiary/aromatic N) is 2. The molecule has 2 amide bonds. The second kappa shape index (κ2) is 10.4. The third-order valence-corrected chi connectivity index (χ3v) is 5.84. The van der Waals surface area contributed by atoms with Gasteiger partial charge in [0, 0.05) is 11.1 Å². The number of methoxy groups -OCH3 is 1. The molecule has 0 saturated carbocycles. The summed E-state index contributed by atoms with van der Waals surface area (Å²) in [6.45, 7) is -0.253. The maximum absolute atomic E-state index is 13.6. The Kier molecular flexibility index (Phi) is 6.71. The molecule has 2 heterocycles. The fourth-order valence-electron chi connectivity index (χ4n) is 4.03. The number of hydrogen-bond donors (Lipinski definition) is 1. The molecule has 2 aliphatic heterocycles. The quantitative estimate of drug-likeness (QED) is 0.516. The Labute approximate surface area is 212 Å². The molecular formula is C27H23N3O7. The number of carbonyl (C=O) groups is 3.